The van der Waals surface area contributed by atoms with Crippen LogP contribution in [0.5, 0.6) is 0 Å². The molecule has 41 heavy (non-hydrogen) atoms. The van der Waals surface area contributed by atoms with Crippen molar-refractivity contribution in [3.63, 3.8) is 0 Å². The van der Waals surface area contributed by atoms with Gasteiger partial charge in [-0.3, -0.25) is 4.72 Å². The van der Waals surface area contributed by atoms with Crippen molar-refractivity contribution in [3.05, 3.63) is 48.4 Å². The zero-order valence-corrected chi connectivity index (χ0v) is 24.0. The molecule has 0 amide bonds. The minimum Gasteiger partial charge on any atom is -0.395 e. The van der Waals surface area contributed by atoms with Crippen LogP contribution in [0.3, 0.4) is 0 Å². The molecule has 1 spiro atoms. The molecule has 0 radical (unpaired) electrons. The molecule has 0 unspecified atom stereocenters. The molecule has 1 aromatic carbocycles. The van der Waals surface area contributed by atoms with Gasteiger partial charge in [-0.2, -0.15) is 5.10 Å². The van der Waals surface area contributed by atoms with E-state index in [2.05, 4.69) is 19.7 Å². The maximum Gasteiger partial charge on any atom is 0.251 e. The maximum atomic E-state index is 13.7. The second-order valence-electron chi connectivity index (χ2n) is 11.7. The highest BCUT2D eigenvalue weighted by atomic mass is 32.2. The van der Waals surface area contributed by atoms with E-state index in [1.807, 2.05) is 42.3 Å². The lowest BCUT2D eigenvalue weighted by molar-refractivity contribution is -0.0221. The fourth-order valence-corrected chi connectivity index (χ4v) is 6.76. The Bertz CT molecular complexity index is 1520. The number of halogens is 2. The minimum absolute atomic E-state index is 0.178. The van der Waals surface area contributed by atoms with E-state index in [-0.39, 0.29) is 31.7 Å². The summed E-state index contributed by atoms with van der Waals surface area (Å²) in [5.41, 5.74) is 5.21. The number of rotatable bonds is 8. The van der Waals surface area contributed by atoms with E-state index in [4.69, 9.17) is 5.11 Å². The smallest absolute Gasteiger partial charge is 0.251 e. The van der Waals surface area contributed by atoms with E-state index >= 15 is 0 Å². The first-order chi connectivity index (χ1) is 19.5. The van der Waals surface area contributed by atoms with E-state index in [0.29, 0.717) is 16.9 Å². The summed E-state index contributed by atoms with van der Waals surface area (Å²) >= 11 is 0. The minimum atomic E-state index is -3.67. The summed E-state index contributed by atoms with van der Waals surface area (Å²) in [6, 6.07) is 9.31. The van der Waals surface area contributed by atoms with Gasteiger partial charge in [0.25, 0.3) is 5.92 Å². The van der Waals surface area contributed by atoms with Crippen LogP contribution in [-0.4, -0.2) is 72.8 Å². The monoisotopic (exact) mass is 586 g/mol. The van der Waals surface area contributed by atoms with Crippen LogP contribution in [0.15, 0.2) is 42.7 Å². The van der Waals surface area contributed by atoms with Crippen molar-refractivity contribution in [2.45, 2.75) is 51.4 Å². The van der Waals surface area contributed by atoms with Crippen LogP contribution in [0.2, 0.25) is 0 Å². The lowest BCUT2D eigenvalue weighted by Gasteiger charge is -2.35. The molecule has 3 aliphatic rings. The highest BCUT2D eigenvalue weighted by molar-refractivity contribution is 7.92. The highest BCUT2D eigenvalue weighted by Crippen LogP contribution is 2.54. The number of pyridine rings is 1. The molecule has 6 rings (SSSR count). The van der Waals surface area contributed by atoms with Gasteiger partial charge in [-0.25, -0.2) is 26.9 Å². The summed E-state index contributed by atoms with van der Waals surface area (Å²) in [4.78, 5) is 8.82. The van der Waals surface area contributed by atoms with Crippen LogP contribution in [0.25, 0.3) is 16.8 Å². The lowest BCUT2D eigenvalue weighted by Crippen LogP contribution is -2.39. The van der Waals surface area contributed by atoms with Crippen LogP contribution < -0.4 is 14.5 Å². The van der Waals surface area contributed by atoms with Gasteiger partial charge in [0.15, 0.2) is 0 Å². The number of piperidine rings is 2. The topological polar surface area (TPSA) is 104 Å². The Balaban J connectivity index is 1.30. The Labute approximate surface area is 239 Å². The van der Waals surface area contributed by atoms with E-state index in [0.717, 1.165) is 54.1 Å². The molecule has 1 saturated carbocycles. The second kappa shape index (κ2) is 10.5. The van der Waals surface area contributed by atoms with Gasteiger partial charge in [-0.05, 0) is 73.9 Å². The van der Waals surface area contributed by atoms with Gasteiger partial charge in [0.2, 0.25) is 10.0 Å². The van der Waals surface area contributed by atoms with Gasteiger partial charge in [0.05, 0.1) is 35.6 Å². The van der Waals surface area contributed by atoms with Crippen molar-refractivity contribution >= 4 is 27.2 Å². The normalized spacial score (nSPS) is 19.9. The fourth-order valence-electron chi connectivity index (χ4n) is 5.93. The number of nitrogens with one attached hydrogen (secondary N) is 1. The molecule has 2 aliphatic heterocycles. The zero-order valence-electron chi connectivity index (χ0n) is 23.2. The van der Waals surface area contributed by atoms with Crippen molar-refractivity contribution < 1.29 is 22.3 Å². The third kappa shape index (κ3) is 6.18. The Kier molecular flexibility index (Phi) is 7.17. The van der Waals surface area contributed by atoms with Crippen molar-refractivity contribution in [1.29, 1.82) is 0 Å². The quantitative estimate of drug-likeness (QED) is 0.398. The van der Waals surface area contributed by atoms with Crippen LogP contribution >= 0.6 is 0 Å². The number of benzene rings is 1. The predicted octanol–water partition coefficient (Wildman–Crippen LogP) is 4.59. The molecule has 2 aromatic heterocycles. The van der Waals surface area contributed by atoms with Gasteiger partial charge >= 0.3 is 0 Å². The number of nitrogens with zero attached hydrogens (tertiary/aromatic N) is 5. The first-order valence-corrected chi connectivity index (χ1v) is 15.9. The van der Waals surface area contributed by atoms with E-state index in [1.165, 1.54) is 12.8 Å². The van der Waals surface area contributed by atoms with Crippen LogP contribution in [0.4, 0.5) is 26.0 Å². The molecule has 1 aliphatic carbocycles. The molecule has 0 bridgehead atoms. The van der Waals surface area contributed by atoms with E-state index < -0.39 is 22.6 Å². The highest BCUT2D eigenvalue weighted by Gasteiger charge is 2.44. The summed E-state index contributed by atoms with van der Waals surface area (Å²) < 4.78 is 56.5. The maximum absolute atomic E-state index is 13.7. The number of sulfonamides is 1. The Morgan fingerprint density at radius 2 is 1.63 bits per heavy atom. The van der Waals surface area contributed by atoms with Crippen LogP contribution in [0.1, 0.15) is 44.2 Å². The number of anilines is 3. The summed E-state index contributed by atoms with van der Waals surface area (Å²) in [6.45, 7) is 3.73. The molecule has 2 saturated heterocycles. The lowest BCUT2D eigenvalue weighted by atomic mass is 9.93. The van der Waals surface area contributed by atoms with Gasteiger partial charge in [-0.15, -0.1) is 0 Å². The Morgan fingerprint density at radius 1 is 0.927 bits per heavy atom. The largest absolute Gasteiger partial charge is 0.395 e. The van der Waals surface area contributed by atoms with Gasteiger partial charge in [-0.1, -0.05) is 0 Å². The van der Waals surface area contributed by atoms with Crippen molar-refractivity contribution in [1.82, 2.24) is 14.8 Å². The first-order valence-electron chi connectivity index (χ1n) is 14.2. The van der Waals surface area contributed by atoms with Gasteiger partial charge in [0, 0.05) is 56.5 Å². The van der Waals surface area contributed by atoms with Crippen LogP contribution in [0, 0.1) is 12.3 Å². The first kappa shape index (κ1) is 27.9. The molecular formula is C29H36F2N6O3S. The molecule has 9 nitrogen and oxygen atoms in total. The standard InChI is InChI=1S/C29H36F2N6O3S/c1-21-16-22(17-27(33-21)36-12-8-29(30,31)9-13-36)23-19-32-37(20-23)25-3-2-24(34-41(39,40)15-14-38)18-26(25)35-10-6-28(4-5-28)7-11-35/h2-3,16-20,34,38H,4-15H2,1H3. The summed E-state index contributed by atoms with van der Waals surface area (Å²) in [7, 11) is -3.67. The van der Waals surface area contributed by atoms with Crippen molar-refractivity contribution in [3.8, 4) is 16.8 Å². The van der Waals surface area contributed by atoms with E-state index in [1.54, 1.807) is 16.9 Å². The average molecular weight is 587 g/mol. The third-order valence-corrected chi connectivity index (χ3v) is 9.92. The number of aliphatic hydroxyl groups excluding tert-OH is 1. The number of aromatic nitrogens is 3. The summed E-state index contributed by atoms with van der Waals surface area (Å²) in [6.07, 6.45) is 8.14. The SMILES string of the molecule is Cc1cc(-c2cnn(-c3ccc(NS(=O)(=O)CCO)cc3N3CCC4(CC3)CC4)c2)cc(N2CCC(F)(F)CC2)n1. The molecule has 12 heteroatoms. The Morgan fingerprint density at radius 3 is 2.32 bits per heavy atom. The van der Waals surface area contributed by atoms with Gasteiger partial charge < -0.3 is 14.9 Å². The summed E-state index contributed by atoms with van der Waals surface area (Å²) in [5.74, 6) is -2.30. The third-order valence-electron chi connectivity index (χ3n) is 8.65. The fraction of sp³-hybridized carbons (Fsp3) is 0.517. The summed E-state index contributed by atoms with van der Waals surface area (Å²) in [5, 5.41) is 13.8. The van der Waals surface area contributed by atoms with Gasteiger partial charge in [0.1, 0.15) is 5.82 Å². The van der Waals surface area contributed by atoms with E-state index in [9.17, 15) is 17.2 Å². The molecule has 3 aromatic rings. The van der Waals surface area contributed by atoms with Crippen molar-refractivity contribution in [2.75, 3.05) is 53.1 Å². The van der Waals surface area contributed by atoms with Crippen LogP contribution in [-0.2, 0) is 10.0 Å². The number of hydrogen-bond acceptors (Lipinski definition) is 7. The Hall–Kier alpha value is -3.25. The molecule has 220 valence electrons. The van der Waals surface area contributed by atoms with Crippen molar-refractivity contribution in [2.24, 2.45) is 5.41 Å². The molecular weight excluding hydrogens is 550 g/mol. The number of aryl methyl sites for hydroxylation is 1. The molecule has 4 heterocycles. The second-order valence-corrected chi connectivity index (χ2v) is 13.5. The molecule has 0 atom stereocenters. The number of alkyl halides is 2. The zero-order chi connectivity index (χ0) is 28.8. The molecule has 2 N–H and O–H groups in total. The molecule has 3 fully saturated rings. The number of hydrogen-bond donors (Lipinski definition) is 2. The predicted molar refractivity (Wildman–Crippen MR) is 156 cm³/mol. The average Bonchev–Trinajstić information content (AvgIpc) is 3.48. The number of aliphatic hydroxyl groups is 1.